The lowest BCUT2D eigenvalue weighted by atomic mass is 10.1. The molecule has 0 radical (unpaired) electrons. The highest BCUT2D eigenvalue weighted by molar-refractivity contribution is 5.86. The number of para-hydroxylation sites is 1. The number of hydrogen-bond acceptors (Lipinski definition) is 4. The second-order valence-electron chi connectivity index (χ2n) is 9.26. The summed E-state index contributed by atoms with van der Waals surface area (Å²) in [6, 6.07) is 16.0. The zero-order valence-corrected chi connectivity index (χ0v) is 22.0. The van der Waals surface area contributed by atoms with E-state index in [2.05, 4.69) is 17.1 Å². The Bertz CT molecular complexity index is 1110. The molecule has 0 bridgehead atoms. The first-order chi connectivity index (χ1) is 17.4. The molecule has 0 saturated heterocycles. The van der Waals surface area contributed by atoms with Crippen molar-refractivity contribution in [3.8, 4) is 5.75 Å². The molecule has 194 valence electrons. The van der Waals surface area contributed by atoms with E-state index in [0.717, 1.165) is 16.8 Å². The van der Waals surface area contributed by atoms with Crippen molar-refractivity contribution < 1.29 is 19.1 Å². The van der Waals surface area contributed by atoms with Crippen LogP contribution < -0.4 is 4.74 Å². The lowest BCUT2D eigenvalue weighted by Crippen LogP contribution is -2.45. The summed E-state index contributed by atoms with van der Waals surface area (Å²) in [6.45, 7) is 8.42. The van der Waals surface area contributed by atoms with Gasteiger partial charge in [0.25, 0.3) is 0 Å². The number of methoxy groups -OCH3 is 1. The Kier molecular flexibility index (Phi) is 10.4. The SMILES string of the molecule is CCOc1ccc(CN(CCc2c[nH]c3ccccc23)C(=O)CN(CCCOC)C(=O)C(C)C)cc1. The van der Waals surface area contributed by atoms with Crippen LogP contribution in [0.4, 0.5) is 0 Å². The number of nitrogens with one attached hydrogen (secondary N) is 1. The Morgan fingerprint density at radius 3 is 2.44 bits per heavy atom. The Hall–Kier alpha value is -3.32. The van der Waals surface area contributed by atoms with E-state index < -0.39 is 0 Å². The number of H-pyrrole nitrogens is 1. The van der Waals surface area contributed by atoms with Crippen molar-refractivity contribution in [3.05, 3.63) is 65.9 Å². The molecule has 0 saturated carbocycles. The van der Waals surface area contributed by atoms with Crippen molar-refractivity contribution in [3.63, 3.8) is 0 Å². The third-order valence-electron chi connectivity index (χ3n) is 6.19. The summed E-state index contributed by atoms with van der Waals surface area (Å²) >= 11 is 0. The molecular formula is C29H39N3O4. The molecule has 0 atom stereocenters. The van der Waals surface area contributed by atoms with Gasteiger partial charge in [-0.15, -0.1) is 0 Å². The van der Waals surface area contributed by atoms with Crippen LogP contribution in [-0.2, 0) is 27.3 Å². The van der Waals surface area contributed by atoms with Crippen molar-refractivity contribution in [2.75, 3.05) is 40.0 Å². The summed E-state index contributed by atoms with van der Waals surface area (Å²) in [5.41, 5.74) is 3.28. The minimum Gasteiger partial charge on any atom is -0.494 e. The molecule has 0 spiro atoms. The highest BCUT2D eigenvalue weighted by Crippen LogP contribution is 2.20. The number of amides is 2. The maximum Gasteiger partial charge on any atom is 0.242 e. The highest BCUT2D eigenvalue weighted by atomic mass is 16.5. The largest absolute Gasteiger partial charge is 0.494 e. The van der Waals surface area contributed by atoms with Gasteiger partial charge in [-0.2, -0.15) is 0 Å². The molecule has 36 heavy (non-hydrogen) atoms. The van der Waals surface area contributed by atoms with E-state index in [0.29, 0.717) is 45.7 Å². The van der Waals surface area contributed by atoms with Crippen LogP contribution in [0.2, 0.25) is 0 Å². The van der Waals surface area contributed by atoms with Crippen LogP contribution in [0, 0.1) is 5.92 Å². The van der Waals surface area contributed by atoms with E-state index in [9.17, 15) is 9.59 Å². The zero-order chi connectivity index (χ0) is 25.9. The van der Waals surface area contributed by atoms with Gasteiger partial charge in [-0.1, -0.05) is 44.2 Å². The molecule has 1 N–H and O–H groups in total. The van der Waals surface area contributed by atoms with E-state index >= 15 is 0 Å². The number of hydrogen-bond donors (Lipinski definition) is 1. The fourth-order valence-electron chi connectivity index (χ4n) is 4.26. The summed E-state index contributed by atoms with van der Waals surface area (Å²) < 4.78 is 10.7. The van der Waals surface area contributed by atoms with Crippen LogP contribution in [0.5, 0.6) is 5.75 Å². The first-order valence-corrected chi connectivity index (χ1v) is 12.7. The molecule has 3 aromatic rings. The van der Waals surface area contributed by atoms with Crippen LogP contribution in [0.15, 0.2) is 54.7 Å². The summed E-state index contributed by atoms with van der Waals surface area (Å²) in [6.07, 6.45) is 3.43. The molecule has 7 nitrogen and oxygen atoms in total. The predicted molar refractivity (Wildman–Crippen MR) is 143 cm³/mol. The maximum absolute atomic E-state index is 13.6. The number of carbonyl (C=O) groups excluding carboxylic acids is 2. The molecule has 0 unspecified atom stereocenters. The fourth-order valence-corrected chi connectivity index (χ4v) is 4.26. The van der Waals surface area contributed by atoms with Gasteiger partial charge in [0.1, 0.15) is 5.75 Å². The van der Waals surface area contributed by atoms with Crippen molar-refractivity contribution in [1.29, 1.82) is 0 Å². The zero-order valence-electron chi connectivity index (χ0n) is 22.0. The molecule has 0 aliphatic carbocycles. The molecule has 0 fully saturated rings. The normalized spacial score (nSPS) is 11.1. The minimum atomic E-state index is -0.175. The molecular weight excluding hydrogens is 454 g/mol. The Labute approximate surface area is 214 Å². The van der Waals surface area contributed by atoms with Crippen molar-refractivity contribution in [1.82, 2.24) is 14.8 Å². The molecule has 2 aromatic carbocycles. The number of fused-ring (bicyclic) bond motifs is 1. The van der Waals surface area contributed by atoms with Gasteiger partial charge in [-0.05, 0) is 49.1 Å². The van der Waals surface area contributed by atoms with Crippen molar-refractivity contribution in [2.45, 2.75) is 40.2 Å². The number of aromatic amines is 1. The predicted octanol–water partition coefficient (Wildman–Crippen LogP) is 4.66. The molecule has 3 rings (SSSR count). The first-order valence-electron chi connectivity index (χ1n) is 12.7. The number of aromatic nitrogens is 1. The Morgan fingerprint density at radius 2 is 1.75 bits per heavy atom. The Morgan fingerprint density at radius 1 is 1.00 bits per heavy atom. The lowest BCUT2D eigenvalue weighted by molar-refractivity contribution is -0.142. The topological polar surface area (TPSA) is 74.9 Å². The number of ether oxygens (including phenoxy) is 2. The van der Waals surface area contributed by atoms with Gasteiger partial charge in [0.05, 0.1) is 13.2 Å². The average Bonchev–Trinajstić information content (AvgIpc) is 3.29. The van der Waals surface area contributed by atoms with E-state index in [4.69, 9.17) is 9.47 Å². The number of carbonyl (C=O) groups is 2. The molecule has 1 heterocycles. The van der Waals surface area contributed by atoms with Crippen LogP contribution in [0.1, 0.15) is 38.3 Å². The van der Waals surface area contributed by atoms with E-state index in [1.807, 2.05) is 68.3 Å². The number of nitrogens with zero attached hydrogens (tertiary/aromatic N) is 2. The van der Waals surface area contributed by atoms with Crippen LogP contribution in [-0.4, -0.2) is 66.6 Å². The van der Waals surface area contributed by atoms with Gasteiger partial charge in [0, 0.05) is 56.4 Å². The lowest BCUT2D eigenvalue weighted by Gasteiger charge is -2.29. The third-order valence-corrected chi connectivity index (χ3v) is 6.19. The van der Waals surface area contributed by atoms with Gasteiger partial charge >= 0.3 is 0 Å². The van der Waals surface area contributed by atoms with Gasteiger partial charge < -0.3 is 24.3 Å². The smallest absolute Gasteiger partial charge is 0.242 e. The number of rotatable bonds is 14. The van der Waals surface area contributed by atoms with Crippen LogP contribution in [0.3, 0.4) is 0 Å². The standard InChI is InChI=1S/C29H39N3O4/c1-5-36-25-13-11-23(12-14-25)20-31(17-15-24-19-30-27-10-7-6-9-26(24)27)28(33)21-32(16-8-18-35-4)29(34)22(2)3/h6-7,9-14,19,22,30H,5,8,15-18,20-21H2,1-4H3. The van der Waals surface area contributed by atoms with Gasteiger partial charge in [0.2, 0.25) is 11.8 Å². The van der Waals surface area contributed by atoms with Crippen LogP contribution in [0.25, 0.3) is 10.9 Å². The summed E-state index contributed by atoms with van der Waals surface area (Å²) in [5.74, 6) is 0.558. The van der Waals surface area contributed by atoms with E-state index in [1.54, 1.807) is 12.0 Å². The minimum absolute atomic E-state index is 0.0166. The molecule has 1 aromatic heterocycles. The maximum atomic E-state index is 13.6. The second kappa shape index (κ2) is 13.7. The summed E-state index contributed by atoms with van der Waals surface area (Å²) in [5, 5.41) is 1.17. The third kappa shape index (κ3) is 7.59. The van der Waals surface area contributed by atoms with E-state index in [1.165, 1.54) is 10.9 Å². The quantitative estimate of drug-likeness (QED) is 0.332. The summed E-state index contributed by atoms with van der Waals surface area (Å²) in [4.78, 5) is 33.3. The van der Waals surface area contributed by atoms with Gasteiger partial charge in [0.15, 0.2) is 0 Å². The van der Waals surface area contributed by atoms with Gasteiger partial charge in [-0.25, -0.2) is 0 Å². The summed E-state index contributed by atoms with van der Waals surface area (Å²) in [7, 11) is 1.64. The first kappa shape index (κ1) is 27.3. The highest BCUT2D eigenvalue weighted by Gasteiger charge is 2.23. The second-order valence-corrected chi connectivity index (χ2v) is 9.26. The molecule has 7 heteroatoms. The molecule has 2 amide bonds. The van der Waals surface area contributed by atoms with E-state index in [-0.39, 0.29) is 24.3 Å². The van der Waals surface area contributed by atoms with Crippen LogP contribution >= 0.6 is 0 Å². The molecule has 0 aliphatic heterocycles. The monoisotopic (exact) mass is 493 g/mol. The fraction of sp³-hybridized carbons (Fsp3) is 0.448. The Balaban J connectivity index is 1.77. The van der Waals surface area contributed by atoms with Crippen molar-refractivity contribution in [2.24, 2.45) is 5.92 Å². The van der Waals surface area contributed by atoms with Crippen molar-refractivity contribution >= 4 is 22.7 Å². The molecule has 0 aliphatic rings. The average molecular weight is 494 g/mol. The number of benzene rings is 2. The van der Waals surface area contributed by atoms with Gasteiger partial charge in [-0.3, -0.25) is 9.59 Å².